The Labute approximate surface area is 187 Å². The van der Waals surface area contributed by atoms with Gasteiger partial charge in [0.15, 0.2) is 17.9 Å². The number of fused-ring (bicyclic) bond motifs is 1. The Morgan fingerprint density at radius 1 is 1.09 bits per heavy atom. The second-order valence-electron chi connectivity index (χ2n) is 7.03. The second-order valence-corrected chi connectivity index (χ2v) is 7.03. The Morgan fingerprint density at radius 3 is 2.55 bits per heavy atom. The molecule has 0 fully saturated rings. The Kier molecular flexibility index (Phi) is 5.90. The van der Waals surface area contributed by atoms with E-state index in [0.29, 0.717) is 22.7 Å². The molecule has 0 unspecified atom stereocenters. The molecule has 0 aliphatic heterocycles. The van der Waals surface area contributed by atoms with Crippen LogP contribution in [0.5, 0.6) is 5.75 Å². The topological polar surface area (TPSA) is 152 Å². The smallest absolute Gasteiger partial charge is 0.259 e. The number of amides is 2. The summed E-state index contributed by atoms with van der Waals surface area (Å²) in [5.41, 5.74) is 5.76. The molecule has 0 aliphatic rings. The largest absolute Gasteiger partial charge is 0.505 e. The molecule has 10 heteroatoms. The van der Waals surface area contributed by atoms with E-state index in [2.05, 4.69) is 20.5 Å². The summed E-state index contributed by atoms with van der Waals surface area (Å²) in [6.07, 6.45) is 1.71. The van der Waals surface area contributed by atoms with Crippen molar-refractivity contribution in [2.45, 2.75) is 6.54 Å². The van der Waals surface area contributed by atoms with Gasteiger partial charge in [-0.15, -0.1) is 10.2 Å². The number of carbonyl (C=O) groups excluding carboxylic acids is 3. The maximum atomic E-state index is 12.9. The second kappa shape index (κ2) is 9.10. The molecule has 0 saturated heterocycles. The van der Waals surface area contributed by atoms with Gasteiger partial charge in [0.1, 0.15) is 17.9 Å². The Hall–Kier alpha value is -4.86. The zero-order valence-electron chi connectivity index (χ0n) is 17.2. The number of carbonyl (C=O) groups is 3. The Morgan fingerprint density at radius 2 is 1.82 bits per heavy atom. The lowest BCUT2D eigenvalue weighted by Crippen LogP contribution is -2.17. The summed E-state index contributed by atoms with van der Waals surface area (Å²) in [6, 6.07) is 17.4. The predicted molar refractivity (Wildman–Crippen MR) is 121 cm³/mol. The van der Waals surface area contributed by atoms with Crippen LogP contribution in [0, 0.1) is 0 Å². The highest BCUT2D eigenvalue weighted by molar-refractivity contribution is 6.11. The summed E-state index contributed by atoms with van der Waals surface area (Å²) in [4.78, 5) is 39.4. The lowest BCUT2D eigenvalue weighted by molar-refractivity contribution is -0.118. The number of nitrogens with one attached hydrogen (secondary N) is 1. The van der Waals surface area contributed by atoms with Crippen molar-refractivity contribution >= 4 is 46.1 Å². The fourth-order valence-corrected chi connectivity index (χ4v) is 3.28. The van der Waals surface area contributed by atoms with Gasteiger partial charge in [0.05, 0.1) is 11.9 Å². The minimum atomic E-state index is -0.658. The molecule has 4 aromatic rings. The number of nitrogens with zero attached hydrogens (tertiary/aromatic N) is 4. The number of aldehydes is 1. The van der Waals surface area contributed by atoms with E-state index >= 15 is 0 Å². The molecule has 1 aromatic heterocycles. The quantitative estimate of drug-likeness (QED) is 0.294. The zero-order chi connectivity index (χ0) is 23.4. The van der Waals surface area contributed by atoms with Crippen molar-refractivity contribution < 1.29 is 19.5 Å². The van der Waals surface area contributed by atoms with Gasteiger partial charge < -0.3 is 20.7 Å². The number of phenolic OH excluding ortho intramolecular Hbond substituents is 1. The standard InChI is InChI=1S/C23H18N6O4/c24-19(31)11-29-13-25-18(12-30)22(29)28-27-20-16-9-5-4-6-14(16)10-17(21(20)32)23(33)26-15-7-2-1-3-8-15/h1-10,12-13,32H,11H2,(H2,24,31)(H,26,33)/b28-27+. The molecule has 4 rings (SSSR count). The molecule has 0 saturated carbocycles. The number of benzene rings is 3. The molecule has 10 nitrogen and oxygen atoms in total. The van der Waals surface area contributed by atoms with Crippen molar-refractivity contribution in [2.75, 3.05) is 5.32 Å². The number of aromatic nitrogens is 2. The first-order chi connectivity index (χ1) is 16.0. The van der Waals surface area contributed by atoms with Gasteiger partial charge in [-0.2, -0.15) is 0 Å². The van der Waals surface area contributed by atoms with E-state index in [4.69, 9.17) is 5.73 Å². The molecule has 0 radical (unpaired) electrons. The predicted octanol–water partition coefficient (Wildman–Crippen LogP) is 3.71. The third-order valence-electron chi connectivity index (χ3n) is 4.79. The molecule has 0 aliphatic carbocycles. The molecular formula is C23H18N6O4. The molecule has 0 bridgehead atoms. The Bertz CT molecular complexity index is 1400. The van der Waals surface area contributed by atoms with Gasteiger partial charge in [-0.1, -0.05) is 42.5 Å². The summed E-state index contributed by atoms with van der Waals surface area (Å²) >= 11 is 0. The first kappa shape index (κ1) is 21.4. The van der Waals surface area contributed by atoms with E-state index in [9.17, 15) is 19.5 Å². The number of imidazole rings is 1. The number of anilines is 1. The first-order valence-corrected chi connectivity index (χ1v) is 9.79. The van der Waals surface area contributed by atoms with Gasteiger partial charge in [0.2, 0.25) is 5.91 Å². The summed E-state index contributed by atoms with van der Waals surface area (Å²) in [5, 5.41) is 23.0. The highest BCUT2D eigenvalue weighted by Crippen LogP contribution is 2.39. The van der Waals surface area contributed by atoms with Crippen LogP contribution in [0.4, 0.5) is 17.2 Å². The number of primary amides is 1. The normalized spacial score (nSPS) is 11.0. The molecule has 164 valence electrons. The van der Waals surface area contributed by atoms with Crippen LogP contribution in [-0.2, 0) is 11.3 Å². The van der Waals surface area contributed by atoms with Gasteiger partial charge in [-0.25, -0.2) is 4.98 Å². The molecule has 1 heterocycles. The maximum absolute atomic E-state index is 12.9. The zero-order valence-corrected chi connectivity index (χ0v) is 17.2. The number of azo groups is 1. The molecule has 3 aromatic carbocycles. The maximum Gasteiger partial charge on any atom is 0.259 e. The molecule has 33 heavy (non-hydrogen) atoms. The molecule has 4 N–H and O–H groups in total. The van der Waals surface area contributed by atoms with E-state index in [1.54, 1.807) is 54.6 Å². The van der Waals surface area contributed by atoms with Gasteiger partial charge >= 0.3 is 0 Å². The van der Waals surface area contributed by atoms with Crippen LogP contribution >= 0.6 is 0 Å². The minimum absolute atomic E-state index is 0.00671. The Balaban J connectivity index is 1.80. The first-order valence-electron chi connectivity index (χ1n) is 9.79. The van der Waals surface area contributed by atoms with Crippen molar-refractivity contribution in [2.24, 2.45) is 16.0 Å². The van der Waals surface area contributed by atoms with Crippen molar-refractivity contribution in [3.05, 3.63) is 78.2 Å². The van der Waals surface area contributed by atoms with Gasteiger partial charge in [-0.3, -0.25) is 14.4 Å². The summed E-state index contributed by atoms with van der Waals surface area (Å²) < 4.78 is 1.26. The molecule has 0 atom stereocenters. The molecule has 0 spiro atoms. The molecule has 2 amide bonds. The van der Waals surface area contributed by atoms with E-state index in [1.165, 1.54) is 10.9 Å². The summed E-state index contributed by atoms with van der Waals surface area (Å²) in [5.74, 6) is -1.59. The van der Waals surface area contributed by atoms with Crippen LogP contribution < -0.4 is 11.1 Å². The lowest BCUT2D eigenvalue weighted by Gasteiger charge is -2.11. The van der Waals surface area contributed by atoms with E-state index in [1.807, 2.05) is 6.07 Å². The average molecular weight is 442 g/mol. The fraction of sp³-hybridized carbons (Fsp3) is 0.0435. The van der Waals surface area contributed by atoms with Gasteiger partial charge in [0.25, 0.3) is 5.91 Å². The number of nitrogens with two attached hydrogens (primary N) is 1. The lowest BCUT2D eigenvalue weighted by atomic mass is 10.0. The monoisotopic (exact) mass is 442 g/mol. The molecular weight excluding hydrogens is 424 g/mol. The van der Waals surface area contributed by atoms with Crippen LogP contribution in [0.2, 0.25) is 0 Å². The van der Waals surface area contributed by atoms with Crippen LogP contribution in [-0.4, -0.2) is 32.8 Å². The number of rotatable bonds is 7. The van der Waals surface area contributed by atoms with E-state index < -0.39 is 11.8 Å². The summed E-state index contributed by atoms with van der Waals surface area (Å²) in [6.45, 7) is -0.262. The van der Waals surface area contributed by atoms with Crippen molar-refractivity contribution in [3.8, 4) is 5.75 Å². The highest BCUT2D eigenvalue weighted by Gasteiger charge is 2.19. The number of hydrogen-bond acceptors (Lipinski definition) is 7. The van der Waals surface area contributed by atoms with Crippen LogP contribution in [0.3, 0.4) is 0 Å². The van der Waals surface area contributed by atoms with E-state index in [0.717, 1.165) is 0 Å². The minimum Gasteiger partial charge on any atom is -0.505 e. The van der Waals surface area contributed by atoms with Gasteiger partial charge in [0, 0.05) is 11.1 Å². The van der Waals surface area contributed by atoms with Crippen LogP contribution in [0.15, 0.2) is 77.2 Å². The number of aromatic hydroxyl groups is 1. The van der Waals surface area contributed by atoms with Crippen LogP contribution in [0.1, 0.15) is 20.8 Å². The third-order valence-corrected chi connectivity index (χ3v) is 4.79. The van der Waals surface area contributed by atoms with Gasteiger partial charge in [-0.05, 0) is 23.6 Å². The van der Waals surface area contributed by atoms with Crippen molar-refractivity contribution in [3.63, 3.8) is 0 Å². The van der Waals surface area contributed by atoms with Crippen molar-refractivity contribution in [1.29, 1.82) is 0 Å². The van der Waals surface area contributed by atoms with Crippen molar-refractivity contribution in [1.82, 2.24) is 9.55 Å². The van der Waals surface area contributed by atoms with Crippen LogP contribution in [0.25, 0.3) is 10.8 Å². The fourth-order valence-electron chi connectivity index (χ4n) is 3.28. The summed E-state index contributed by atoms with van der Waals surface area (Å²) in [7, 11) is 0. The number of phenols is 1. The SMILES string of the molecule is NC(=O)Cn1cnc(C=O)c1/N=N/c1c(O)c(C(=O)Nc2ccccc2)cc2ccccc12. The average Bonchev–Trinajstić information content (AvgIpc) is 3.19. The third kappa shape index (κ3) is 4.44. The number of para-hydroxylation sites is 1. The number of hydrogen-bond donors (Lipinski definition) is 3. The van der Waals surface area contributed by atoms with E-state index in [-0.39, 0.29) is 35.1 Å². The highest BCUT2D eigenvalue weighted by atomic mass is 16.3.